The van der Waals surface area contributed by atoms with E-state index < -0.39 is 30.4 Å². The minimum absolute atomic E-state index is 0.0865. The molecule has 14 nitrogen and oxygen atoms in total. The highest BCUT2D eigenvalue weighted by atomic mass is 16.6. The van der Waals surface area contributed by atoms with Crippen molar-refractivity contribution in [2.45, 2.75) is 75.2 Å². The van der Waals surface area contributed by atoms with E-state index in [1.807, 2.05) is 0 Å². The Labute approximate surface area is 230 Å². The van der Waals surface area contributed by atoms with Gasteiger partial charge in [0.2, 0.25) is 5.82 Å². The Morgan fingerprint density at radius 3 is 2.67 bits per heavy atom. The lowest BCUT2D eigenvalue weighted by molar-refractivity contribution is -0.137. The number of aliphatic hydroxyl groups excluding tert-OH is 2. The number of fused-ring (bicyclic) bond motifs is 1. The van der Waals surface area contributed by atoms with Crippen molar-refractivity contribution in [2.24, 2.45) is 5.92 Å². The number of nitrogens with one attached hydrogen (secondary N) is 1. The summed E-state index contributed by atoms with van der Waals surface area (Å²) in [5.41, 5.74) is 6.69. The number of hydrogen-bond acceptors (Lipinski definition) is 11. The van der Waals surface area contributed by atoms with E-state index in [4.69, 9.17) is 19.9 Å². The van der Waals surface area contributed by atoms with Crippen molar-refractivity contribution in [2.75, 3.05) is 32.0 Å². The summed E-state index contributed by atoms with van der Waals surface area (Å²) in [5.74, 6) is 6.24. The highest BCUT2D eigenvalue weighted by Gasteiger charge is 2.48. The van der Waals surface area contributed by atoms with Crippen LogP contribution in [0.25, 0.3) is 11.2 Å². The van der Waals surface area contributed by atoms with Gasteiger partial charge in [-0.3, -0.25) is 9.36 Å². The number of aliphatic hydroxyl groups is 2. The minimum Gasteiger partial charge on any atom is -0.444 e. The molecular formula is C26H33N7O7. The smallest absolute Gasteiger partial charge is 0.410 e. The molecule has 5 atom stereocenters. The molecule has 2 aromatic rings. The second kappa shape index (κ2) is 11.2. The Hall–Kier alpha value is -3.51. The van der Waals surface area contributed by atoms with Gasteiger partial charge in [0.25, 0.3) is 5.91 Å². The highest BCUT2D eigenvalue weighted by Crippen LogP contribution is 2.33. The summed E-state index contributed by atoms with van der Waals surface area (Å²) in [6.45, 7) is 2.32. The maximum absolute atomic E-state index is 12.5. The zero-order chi connectivity index (χ0) is 27.8. The molecular weight excluding hydrogens is 522 g/mol. The van der Waals surface area contributed by atoms with E-state index in [0.29, 0.717) is 44.2 Å². The number of amides is 2. The molecule has 3 aliphatic heterocycles. The molecule has 14 heteroatoms. The number of nitrogen functional groups attached to an aromatic ring is 1. The van der Waals surface area contributed by atoms with Gasteiger partial charge in [-0.05, 0) is 37.5 Å². The van der Waals surface area contributed by atoms with Crippen molar-refractivity contribution in [3.05, 3.63) is 12.2 Å². The third-order valence-corrected chi connectivity index (χ3v) is 7.76. The largest absolute Gasteiger partial charge is 0.444 e. The van der Waals surface area contributed by atoms with Crippen LogP contribution in [-0.2, 0) is 19.0 Å². The number of imidazole rings is 1. The van der Waals surface area contributed by atoms with Gasteiger partial charge in [-0.1, -0.05) is 5.92 Å². The van der Waals surface area contributed by atoms with Gasteiger partial charge in [0.15, 0.2) is 23.8 Å². The van der Waals surface area contributed by atoms with Gasteiger partial charge in [-0.25, -0.2) is 19.7 Å². The fourth-order valence-corrected chi connectivity index (χ4v) is 5.21. The van der Waals surface area contributed by atoms with Crippen molar-refractivity contribution in [1.82, 2.24) is 29.7 Å². The zero-order valence-corrected chi connectivity index (χ0v) is 21.9. The van der Waals surface area contributed by atoms with Crippen LogP contribution in [0.3, 0.4) is 0 Å². The quantitative estimate of drug-likeness (QED) is 0.354. The van der Waals surface area contributed by atoms with Gasteiger partial charge in [0.05, 0.1) is 19.5 Å². The fourth-order valence-electron chi connectivity index (χ4n) is 5.21. The maximum atomic E-state index is 12.5. The average Bonchev–Trinajstić information content (AvgIpc) is 3.29. The Morgan fingerprint density at radius 1 is 1.15 bits per heavy atom. The van der Waals surface area contributed by atoms with Gasteiger partial charge in [0.1, 0.15) is 23.8 Å². The molecule has 0 radical (unpaired) electrons. The van der Waals surface area contributed by atoms with Gasteiger partial charge in [0, 0.05) is 32.0 Å². The normalized spacial score (nSPS) is 28.9. The van der Waals surface area contributed by atoms with Gasteiger partial charge in [-0.2, -0.15) is 0 Å². The number of likely N-dealkylation sites (tertiary alicyclic amines) is 1. The lowest BCUT2D eigenvalue weighted by Gasteiger charge is -2.31. The predicted octanol–water partition coefficient (Wildman–Crippen LogP) is -0.315. The first-order valence-electron chi connectivity index (χ1n) is 13.7. The van der Waals surface area contributed by atoms with Crippen molar-refractivity contribution in [1.29, 1.82) is 0 Å². The molecule has 2 aromatic heterocycles. The summed E-state index contributed by atoms with van der Waals surface area (Å²) in [6.07, 6.45) is 0.581. The summed E-state index contributed by atoms with van der Waals surface area (Å²) in [5, 5.41) is 23.9. The van der Waals surface area contributed by atoms with Crippen molar-refractivity contribution in [3.63, 3.8) is 0 Å². The Bertz CT molecular complexity index is 1320. The van der Waals surface area contributed by atoms with Crippen LogP contribution in [0.5, 0.6) is 0 Å². The summed E-state index contributed by atoms with van der Waals surface area (Å²) < 4.78 is 18.0. The lowest BCUT2D eigenvalue weighted by Crippen LogP contribution is -2.43. The molecule has 0 bridgehead atoms. The number of aromatic nitrogens is 4. The summed E-state index contributed by atoms with van der Waals surface area (Å²) in [6, 6.07) is 0.0865. The number of piperidine rings is 1. The number of nitrogens with zero attached hydrogens (tertiary/aromatic N) is 5. The van der Waals surface area contributed by atoms with E-state index in [2.05, 4.69) is 32.1 Å². The summed E-state index contributed by atoms with van der Waals surface area (Å²) in [4.78, 5) is 39.5. The molecule has 5 unspecified atom stereocenters. The van der Waals surface area contributed by atoms with Crippen molar-refractivity contribution >= 4 is 29.0 Å². The fraction of sp³-hybridized carbons (Fsp3) is 0.654. The Balaban J connectivity index is 1.09. The van der Waals surface area contributed by atoms with Crippen LogP contribution in [0.4, 0.5) is 10.6 Å². The molecule has 5 heterocycles. The second-order valence-electron chi connectivity index (χ2n) is 10.8. The third kappa shape index (κ3) is 5.55. The predicted molar refractivity (Wildman–Crippen MR) is 138 cm³/mol. The number of carbonyl (C=O) groups is 2. The van der Waals surface area contributed by atoms with E-state index in [1.54, 1.807) is 4.90 Å². The van der Waals surface area contributed by atoms with Crippen LogP contribution in [-0.4, -0.2) is 103 Å². The molecule has 1 saturated carbocycles. The van der Waals surface area contributed by atoms with Crippen molar-refractivity contribution in [3.8, 4) is 11.8 Å². The summed E-state index contributed by atoms with van der Waals surface area (Å²) >= 11 is 0. The average molecular weight is 556 g/mol. The van der Waals surface area contributed by atoms with Gasteiger partial charge in [-0.15, -0.1) is 0 Å². The number of hydrogen-bond donors (Lipinski definition) is 4. The number of nitrogens with two attached hydrogens (primary N) is 1. The number of anilines is 1. The summed E-state index contributed by atoms with van der Waals surface area (Å²) in [7, 11) is 0. The zero-order valence-electron chi connectivity index (χ0n) is 21.9. The Kier molecular flexibility index (Phi) is 7.45. The monoisotopic (exact) mass is 555 g/mol. The van der Waals surface area contributed by atoms with Crippen molar-refractivity contribution < 1.29 is 34.0 Å². The van der Waals surface area contributed by atoms with Crippen LogP contribution in [0, 0.1) is 17.8 Å². The van der Waals surface area contributed by atoms with Crippen LogP contribution in [0.15, 0.2) is 6.33 Å². The molecule has 3 saturated heterocycles. The molecule has 40 heavy (non-hydrogen) atoms. The minimum atomic E-state index is -1.41. The number of carbonyl (C=O) groups excluding carboxylic acids is 2. The van der Waals surface area contributed by atoms with E-state index in [0.717, 1.165) is 32.1 Å². The number of ether oxygens (including phenoxy) is 3. The lowest BCUT2D eigenvalue weighted by atomic mass is 9.94. The van der Waals surface area contributed by atoms with Crippen LogP contribution in [0.2, 0.25) is 0 Å². The van der Waals surface area contributed by atoms with E-state index in [1.165, 1.54) is 10.9 Å². The van der Waals surface area contributed by atoms with E-state index in [9.17, 15) is 19.8 Å². The van der Waals surface area contributed by atoms with Gasteiger partial charge >= 0.3 is 6.09 Å². The van der Waals surface area contributed by atoms with Gasteiger partial charge < -0.3 is 40.4 Å². The third-order valence-electron chi connectivity index (χ3n) is 7.76. The standard InChI is InChI=1S/C26H33N7O7/c27-22-18-23(33(13-28-18)25-20(35)19(34)21(40-25)24(36)29-15-4-5-15)31-17(30-22)3-1-2-14-6-9-32(10-7-14)26(37)39-16-8-11-38-12-16/h13-16,19-21,25,34-35H,2,4-12H2,(H,29,36)(H2,27,30,31). The van der Waals surface area contributed by atoms with Crippen LogP contribution < -0.4 is 11.1 Å². The second-order valence-corrected chi connectivity index (χ2v) is 10.8. The van der Waals surface area contributed by atoms with Crippen LogP contribution >= 0.6 is 0 Å². The molecule has 214 valence electrons. The van der Waals surface area contributed by atoms with E-state index in [-0.39, 0.29) is 35.5 Å². The van der Waals surface area contributed by atoms with E-state index >= 15 is 0 Å². The molecule has 4 fully saturated rings. The highest BCUT2D eigenvalue weighted by molar-refractivity contribution is 5.83. The molecule has 0 spiro atoms. The Morgan fingerprint density at radius 2 is 1.95 bits per heavy atom. The molecule has 2 amide bonds. The molecule has 1 aliphatic carbocycles. The first kappa shape index (κ1) is 26.7. The first-order chi connectivity index (χ1) is 19.4. The maximum Gasteiger partial charge on any atom is 0.410 e. The molecule has 4 aliphatic rings. The number of rotatable bonds is 5. The molecule has 0 aromatic carbocycles. The topological polar surface area (TPSA) is 187 Å². The van der Waals surface area contributed by atoms with Crippen LogP contribution in [0.1, 0.15) is 50.6 Å². The molecule has 6 rings (SSSR count). The SMILES string of the molecule is Nc1nc(C#CCC2CCN(C(=O)OC3CCOC3)CC2)nc2c1ncn2C1OC(C(=O)NC2CC2)C(O)C1O. The molecule has 5 N–H and O–H groups in total. The first-order valence-corrected chi connectivity index (χ1v) is 13.7.